The lowest BCUT2D eigenvalue weighted by Crippen LogP contribution is -2.40. The summed E-state index contributed by atoms with van der Waals surface area (Å²) in [5.74, 6) is -1.15. The lowest BCUT2D eigenvalue weighted by molar-refractivity contribution is -0.141. The van der Waals surface area contributed by atoms with Crippen molar-refractivity contribution in [3.63, 3.8) is 0 Å². The number of nitrogens with zero attached hydrogens (tertiary/aromatic N) is 1. The van der Waals surface area contributed by atoms with Crippen molar-refractivity contribution in [1.29, 1.82) is 0 Å². The average molecular weight is 383 g/mol. The van der Waals surface area contributed by atoms with Gasteiger partial charge >= 0.3 is 5.97 Å². The van der Waals surface area contributed by atoms with Gasteiger partial charge in [-0.2, -0.15) is 0 Å². The summed E-state index contributed by atoms with van der Waals surface area (Å²) in [6.07, 6.45) is 1.27. The fourth-order valence-corrected chi connectivity index (χ4v) is 4.68. The Kier molecular flexibility index (Phi) is 3.89. The van der Waals surface area contributed by atoms with E-state index >= 15 is 0 Å². The number of amides is 1. The van der Waals surface area contributed by atoms with E-state index in [-0.39, 0.29) is 5.91 Å². The number of aliphatic carboxylic acids is 1. The van der Waals surface area contributed by atoms with Crippen LogP contribution in [0.25, 0.3) is 0 Å². The molecule has 0 bridgehead atoms. The van der Waals surface area contributed by atoms with Gasteiger partial charge in [0.25, 0.3) is 5.91 Å². The average Bonchev–Trinajstić information content (AvgIpc) is 2.83. The van der Waals surface area contributed by atoms with Crippen LogP contribution in [0.2, 0.25) is 0 Å². The molecule has 92 valence electrons. The summed E-state index contributed by atoms with van der Waals surface area (Å²) in [5.41, 5.74) is 0.523. The number of likely N-dealkylation sites (tertiary alicyclic amines) is 1. The lowest BCUT2D eigenvalue weighted by Gasteiger charge is -2.20. The second kappa shape index (κ2) is 5.07. The minimum absolute atomic E-state index is 0.219. The van der Waals surface area contributed by atoms with Crippen molar-refractivity contribution in [3.05, 3.63) is 19.2 Å². The molecular weight excluding hydrogens is 374 g/mol. The maximum atomic E-state index is 12.2. The third kappa shape index (κ3) is 2.56. The van der Waals surface area contributed by atoms with Gasteiger partial charge in [0.15, 0.2) is 0 Å². The molecule has 1 aromatic rings. The van der Waals surface area contributed by atoms with Crippen molar-refractivity contribution in [2.24, 2.45) is 0 Å². The summed E-state index contributed by atoms with van der Waals surface area (Å²) in [4.78, 5) is 24.7. The highest BCUT2D eigenvalue weighted by molar-refractivity contribution is 9.12. The summed E-state index contributed by atoms with van der Waals surface area (Å²) < 4.78 is 1.57. The van der Waals surface area contributed by atoms with Gasteiger partial charge in [-0.3, -0.25) is 4.79 Å². The third-order valence-corrected chi connectivity index (χ3v) is 5.03. The summed E-state index contributed by atoms with van der Waals surface area (Å²) in [5, 5.41) is 9.04. The van der Waals surface area contributed by atoms with Crippen molar-refractivity contribution in [1.82, 2.24) is 4.90 Å². The minimum Gasteiger partial charge on any atom is -0.480 e. The summed E-state index contributed by atoms with van der Waals surface area (Å²) in [7, 11) is 0. The number of carboxylic acids is 1. The Morgan fingerprint density at radius 2 is 2.18 bits per heavy atom. The van der Waals surface area contributed by atoms with E-state index in [1.165, 1.54) is 16.2 Å². The quantitative estimate of drug-likeness (QED) is 0.855. The fraction of sp³-hybridized carbons (Fsp3) is 0.400. The molecular formula is C10H9Br2NO3S. The molecule has 0 spiro atoms. The normalized spacial score (nSPS) is 19.6. The van der Waals surface area contributed by atoms with Crippen LogP contribution in [0.15, 0.2) is 13.6 Å². The molecule has 7 heteroatoms. The van der Waals surface area contributed by atoms with Gasteiger partial charge in [0.2, 0.25) is 0 Å². The molecule has 1 amide bonds. The number of halogens is 2. The smallest absolute Gasteiger partial charge is 0.326 e. The Labute approximate surface area is 119 Å². The molecule has 0 unspecified atom stereocenters. The van der Waals surface area contributed by atoms with Gasteiger partial charge in [-0.1, -0.05) is 0 Å². The first-order valence-electron chi connectivity index (χ1n) is 4.99. The molecule has 1 aliphatic heterocycles. The number of rotatable bonds is 2. The lowest BCUT2D eigenvalue weighted by atomic mass is 10.2. The summed E-state index contributed by atoms with van der Waals surface area (Å²) in [6, 6.07) is 1.03. The predicted molar refractivity (Wildman–Crippen MR) is 71.4 cm³/mol. The minimum atomic E-state index is -0.929. The number of carbonyl (C=O) groups excluding carboxylic acids is 1. The van der Waals surface area contributed by atoms with Crippen LogP contribution in [0.4, 0.5) is 0 Å². The predicted octanol–water partition coefficient (Wildman–Crippen LogP) is 2.96. The first-order chi connectivity index (χ1) is 8.00. The van der Waals surface area contributed by atoms with Crippen LogP contribution in [-0.2, 0) is 4.79 Å². The van der Waals surface area contributed by atoms with Crippen LogP contribution in [0, 0.1) is 0 Å². The van der Waals surface area contributed by atoms with Gasteiger partial charge in [0.1, 0.15) is 6.04 Å². The SMILES string of the molecule is O=C(O)[C@H]1CCCN1C(=O)c1cc(Br)sc1Br. The molecule has 0 aliphatic carbocycles. The molecule has 1 atom stereocenters. The second-order valence-corrected chi connectivity index (χ2v) is 7.48. The Bertz CT molecular complexity index is 474. The van der Waals surface area contributed by atoms with E-state index in [9.17, 15) is 9.59 Å². The number of thiophene rings is 1. The molecule has 1 fully saturated rings. The van der Waals surface area contributed by atoms with Crippen LogP contribution in [-0.4, -0.2) is 34.5 Å². The zero-order valence-corrected chi connectivity index (χ0v) is 12.6. The molecule has 17 heavy (non-hydrogen) atoms. The molecule has 1 saturated heterocycles. The van der Waals surface area contributed by atoms with E-state index in [1.54, 1.807) is 6.07 Å². The van der Waals surface area contributed by atoms with E-state index < -0.39 is 12.0 Å². The molecule has 0 aromatic carbocycles. The zero-order chi connectivity index (χ0) is 12.6. The van der Waals surface area contributed by atoms with Crippen molar-refractivity contribution < 1.29 is 14.7 Å². The molecule has 1 N–H and O–H groups in total. The maximum absolute atomic E-state index is 12.2. The van der Waals surface area contributed by atoms with E-state index in [0.29, 0.717) is 18.5 Å². The standard InChI is InChI=1S/C10H9Br2NO3S/c11-7-4-5(8(12)17-7)9(14)13-3-1-2-6(13)10(15)16/h4,6H,1-3H2,(H,15,16)/t6-/m1/s1. The highest BCUT2D eigenvalue weighted by atomic mass is 79.9. The molecule has 2 heterocycles. The van der Waals surface area contributed by atoms with Crippen LogP contribution >= 0.6 is 43.2 Å². The molecule has 4 nitrogen and oxygen atoms in total. The van der Waals surface area contributed by atoms with E-state index in [2.05, 4.69) is 31.9 Å². The first-order valence-corrected chi connectivity index (χ1v) is 7.39. The summed E-state index contributed by atoms with van der Waals surface area (Å²) in [6.45, 7) is 0.510. The van der Waals surface area contributed by atoms with Crippen molar-refractivity contribution in [2.75, 3.05) is 6.54 Å². The van der Waals surface area contributed by atoms with Crippen molar-refractivity contribution in [3.8, 4) is 0 Å². The van der Waals surface area contributed by atoms with Gasteiger partial charge in [0.05, 0.1) is 13.1 Å². The third-order valence-electron chi connectivity index (χ3n) is 2.69. The van der Waals surface area contributed by atoms with E-state index in [1.807, 2.05) is 0 Å². The Morgan fingerprint density at radius 1 is 1.47 bits per heavy atom. The van der Waals surface area contributed by atoms with E-state index in [4.69, 9.17) is 5.11 Å². The Balaban J connectivity index is 2.25. The Hall–Kier alpha value is -0.400. The number of hydrogen-bond acceptors (Lipinski definition) is 3. The van der Waals surface area contributed by atoms with Crippen molar-refractivity contribution in [2.45, 2.75) is 18.9 Å². The number of hydrogen-bond donors (Lipinski definition) is 1. The van der Waals surface area contributed by atoms with Gasteiger partial charge in [-0.05, 0) is 50.8 Å². The fourth-order valence-electron chi connectivity index (χ4n) is 1.91. The van der Waals surface area contributed by atoms with Crippen LogP contribution < -0.4 is 0 Å². The molecule has 0 radical (unpaired) electrons. The number of carboxylic acid groups (broad SMARTS) is 1. The largest absolute Gasteiger partial charge is 0.480 e. The van der Waals surface area contributed by atoms with Crippen LogP contribution in [0.5, 0.6) is 0 Å². The zero-order valence-electron chi connectivity index (χ0n) is 8.65. The van der Waals surface area contributed by atoms with Gasteiger partial charge in [-0.15, -0.1) is 11.3 Å². The van der Waals surface area contributed by atoms with Crippen LogP contribution in [0.3, 0.4) is 0 Å². The Morgan fingerprint density at radius 3 is 2.71 bits per heavy atom. The maximum Gasteiger partial charge on any atom is 0.326 e. The van der Waals surface area contributed by atoms with Gasteiger partial charge < -0.3 is 10.0 Å². The van der Waals surface area contributed by atoms with Gasteiger partial charge in [0, 0.05) is 6.54 Å². The molecule has 0 saturated carbocycles. The summed E-state index contributed by atoms with van der Waals surface area (Å²) >= 11 is 8.03. The topological polar surface area (TPSA) is 57.6 Å². The highest BCUT2D eigenvalue weighted by Crippen LogP contribution is 2.33. The van der Waals surface area contributed by atoms with Crippen molar-refractivity contribution >= 4 is 55.1 Å². The first kappa shape index (κ1) is 13.0. The second-order valence-electron chi connectivity index (χ2n) is 3.73. The highest BCUT2D eigenvalue weighted by Gasteiger charge is 2.35. The molecule has 1 aliphatic rings. The monoisotopic (exact) mass is 381 g/mol. The molecule has 1 aromatic heterocycles. The molecule has 2 rings (SSSR count). The van der Waals surface area contributed by atoms with Crippen LogP contribution in [0.1, 0.15) is 23.2 Å². The van der Waals surface area contributed by atoms with E-state index in [0.717, 1.165) is 14.0 Å². The number of carbonyl (C=O) groups is 2. The van der Waals surface area contributed by atoms with Gasteiger partial charge in [-0.25, -0.2) is 4.79 Å².